The van der Waals surface area contributed by atoms with Gasteiger partial charge in [0.2, 0.25) is 0 Å². The summed E-state index contributed by atoms with van der Waals surface area (Å²) in [7, 11) is -2.38. The summed E-state index contributed by atoms with van der Waals surface area (Å²) in [6.07, 6.45) is 1.12. The normalized spacial score (nSPS) is 18.7. The van der Waals surface area contributed by atoms with Crippen LogP contribution in [0.1, 0.15) is 31.4 Å². The van der Waals surface area contributed by atoms with Gasteiger partial charge in [0.25, 0.3) is 10.1 Å². The molecule has 11 heteroatoms. The number of ether oxygens (including phenoxy) is 2. The molecular formula is C17H20ClFN2O6S. The van der Waals surface area contributed by atoms with E-state index in [0.717, 1.165) is 6.26 Å². The average molecular weight is 435 g/mol. The van der Waals surface area contributed by atoms with Crippen molar-refractivity contribution in [3.05, 3.63) is 28.5 Å². The molecule has 1 atom stereocenters. The van der Waals surface area contributed by atoms with Gasteiger partial charge in [-0.05, 0) is 13.0 Å². The Morgan fingerprint density at radius 3 is 2.75 bits per heavy atom. The van der Waals surface area contributed by atoms with Gasteiger partial charge < -0.3 is 9.47 Å². The van der Waals surface area contributed by atoms with Gasteiger partial charge in [0, 0.05) is 24.1 Å². The van der Waals surface area contributed by atoms with Crippen LogP contribution in [0.15, 0.2) is 22.1 Å². The molecule has 1 aromatic rings. The summed E-state index contributed by atoms with van der Waals surface area (Å²) in [6.45, 7) is 1.36. The molecule has 0 aliphatic carbocycles. The van der Waals surface area contributed by atoms with Crippen LogP contribution >= 0.6 is 11.6 Å². The summed E-state index contributed by atoms with van der Waals surface area (Å²) < 4.78 is 51.6. The standard InChI is InChI=1S/C17H20ClFN2O6S/c1-4-26-17(22)14-8-10(20-9-27-28(3,23)24)7-13(21-14)11-5-6-12(18)16(25-2)15(11)19/h5-6,13H,4,7-9H2,1-3H3. The molecular weight excluding hydrogens is 415 g/mol. The fraction of sp³-hybridized carbons (Fsp3) is 0.471. The molecule has 1 aliphatic heterocycles. The summed E-state index contributed by atoms with van der Waals surface area (Å²) in [4.78, 5) is 20.5. The highest BCUT2D eigenvalue weighted by Gasteiger charge is 2.29. The largest absolute Gasteiger partial charge is 0.492 e. The molecule has 0 fully saturated rings. The summed E-state index contributed by atoms with van der Waals surface area (Å²) in [5.41, 5.74) is 0.657. The third-order valence-electron chi connectivity index (χ3n) is 3.82. The summed E-state index contributed by atoms with van der Waals surface area (Å²) >= 11 is 5.93. The molecule has 0 saturated heterocycles. The summed E-state index contributed by atoms with van der Waals surface area (Å²) in [5.74, 6) is -1.47. The van der Waals surface area contributed by atoms with Crippen molar-refractivity contribution in [1.82, 2.24) is 0 Å². The van der Waals surface area contributed by atoms with Crippen molar-refractivity contribution in [1.29, 1.82) is 0 Å². The number of carbonyl (C=O) groups excluding carboxylic acids is 1. The number of benzene rings is 1. The van der Waals surface area contributed by atoms with E-state index in [-0.39, 0.29) is 41.5 Å². The van der Waals surface area contributed by atoms with Crippen LogP contribution < -0.4 is 4.74 Å². The molecule has 0 radical (unpaired) electrons. The van der Waals surface area contributed by atoms with Gasteiger partial charge in [0.1, 0.15) is 5.71 Å². The van der Waals surface area contributed by atoms with E-state index in [1.165, 1.54) is 19.2 Å². The Labute approximate surface area is 167 Å². The highest BCUT2D eigenvalue weighted by atomic mass is 35.5. The van der Waals surface area contributed by atoms with Crippen molar-refractivity contribution in [2.45, 2.75) is 25.8 Å². The first-order valence-electron chi connectivity index (χ1n) is 8.28. The Hall–Kier alpha value is -2.04. The minimum atomic E-state index is -3.67. The van der Waals surface area contributed by atoms with Crippen LogP contribution in [0, 0.1) is 5.82 Å². The highest BCUT2D eigenvalue weighted by Crippen LogP contribution is 2.36. The molecule has 28 heavy (non-hydrogen) atoms. The molecule has 0 spiro atoms. The average Bonchev–Trinajstić information content (AvgIpc) is 2.61. The lowest BCUT2D eigenvalue weighted by atomic mass is 9.94. The Bertz CT molecular complexity index is 916. The van der Waals surface area contributed by atoms with E-state index in [1.807, 2.05) is 0 Å². The number of nitrogens with zero attached hydrogens (tertiary/aromatic N) is 2. The molecule has 0 amide bonds. The van der Waals surface area contributed by atoms with Crippen LogP contribution in [0.3, 0.4) is 0 Å². The van der Waals surface area contributed by atoms with Gasteiger partial charge in [0.15, 0.2) is 18.3 Å². The number of rotatable bonds is 7. The maximum Gasteiger partial charge on any atom is 0.352 e. The van der Waals surface area contributed by atoms with Gasteiger partial charge in [-0.2, -0.15) is 8.42 Å². The summed E-state index contributed by atoms with van der Waals surface area (Å²) in [5, 5.41) is 0.101. The first-order valence-corrected chi connectivity index (χ1v) is 10.5. The maximum absolute atomic E-state index is 14.8. The van der Waals surface area contributed by atoms with Crippen LogP contribution in [-0.4, -0.2) is 52.5 Å². The topological polar surface area (TPSA) is 104 Å². The van der Waals surface area contributed by atoms with Crippen LogP contribution in [-0.2, 0) is 23.8 Å². The minimum Gasteiger partial charge on any atom is -0.492 e. The quantitative estimate of drug-likeness (QED) is 0.482. The lowest BCUT2D eigenvalue weighted by Crippen LogP contribution is -2.27. The second kappa shape index (κ2) is 9.44. The fourth-order valence-electron chi connectivity index (χ4n) is 2.61. The molecule has 0 aromatic heterocycles. The fourth-order valence-corrected chi connectivity index (χ4v) is 3.08. The number of hydrogen-bond acceptors (Lipinski definition) is 8. The molecule has 154 valence electrons. The van der Waals surface area contributed by atoms with Crippen molar-refractivity contribution in [2.75, 3.05) is 26.7 Å². The summed E-state index contributed by atoms with van der Waals surface area (Å²) in [6, 6.07) is 2.14. The smallest absolute Gasteiger partial charge is 0.352 e. The monoisotopic (exact) mass is 434 g/mol. The third-order valence-corrected chi connectivity index (χ3v) is 4.65. The molecule has 1 unspecified atom stereocenters. The molecule has 1 aliphatic rings. The van der Waals surface area contributed by atoms with E-state index >= 15 is 0 Å². The van der Waals surface area contributed by atoms with Gasteiger partial charge in [0.05, 0.1) is 31.0 Å². The Morgan fingerprint density at radius 2 is 2.14 bits per heavy atom. The number of carbonyl (C=O) groups is 1. The van der Waals surface area contributed by atoms with Crippen LogP contribution in [0.2, 0.25) is 5.02 Å². The number of aliphatic imine (C=N–C) groups is 2. The molecule has 1 heterocycles. The predicted molar refractivity (Wildman–Crippen MR) is 102 cm³/mol. The SMILES string of the molecule is CCOC(=O)C1=NC(c2ccc(Cl)c(OC)c2F)CC(=NCOS(C)(=O)=O)C1. The number of methoxy groups -OCH3 is 1. The lowest BCUT2D eigenvalue weighted by molar-refractivity contribution is -0.135. The van der Waals surface area contributed by atoms with Crippen LogP contribution in [0.5, 0.6) is 5.75 Å². The number of hydrogen-bond donors (Lipinski definition) is 0. The predicted octanol–water partition coefficient (Wildman–Crippen LogP) is 2.70. The first-order chi connectivity index (χ1) is 13.2. The number of halogens is 2. The first kappa shape index (κ1) is 22.3. The number of esters is 1. The van der Waals surface area contributed by atoms with Gasteiger partial charge in [-0.3, -0.25) is 9.98 Å². The lowest BCUT2D eigenvalue weighted by Gasteiger charge is -2.23. The van der Waals surface area contributed by atoms with Gasteiger partial charge in [-0.15, -0.1) is 0 Å². The van der Waals surface area contributed by atoms with E-state index in [0.29, 0.717) is 5.71 Å². The Balaban J connectivity index is 2.39. The zero-order valence-corrected chi connectivity index (χ0v) is 17.1. The Kier molecular flexibility index (Phi) is 7.50. The van der Waals surface area contributed by atoms with Gasteiger partial charge in [-0.25, -0.2) is 13.4 Å². The van der Waals surface area contributed by atoms with E-state index in [9.17, 15) is 17.6 Å². The van der Waals surface area contributed by atoms with Crippen molar-refractivity contribution < 1.29 is 31.3 Å². The van der Waals surface area contributed by atoms with E-state index in [1.54, 1.807) is 6.92 Å². The van der Waals surface area contributed by atoms with Crippen molar-refractivity contribution in [3.8, 4) is 5.75 Å². The molecule has 1 aromatic carbocycles. The molecule has 0 bridgehead atoms. The third kappa shape index (κ3) is 5.73. The molecule has 8 nitrogen and oxygen atoms in total. The highest BCUT2D eigenvalue weighted by molar-refractivity contribution is 7.85. The van der Waals surface area contributed by atoms with E-state index in [2.05, 4.69) is 14.2 Å². The Morgan fingerprint density at radius 1 is 1.43 bits per heavy atom. The van der Waals surface area contributed by atoms with E-state index < -0.39 is 34.7 Å². The van der Waals surface area contributed by atoms with Crippen molar-refractivity contribution in [3.63, 3.8) is 0 Å². The molecule has 0 saturated carbocycles. The van der Waals surface area contributed by atoms with Crippen LogP contribution in [0.4, 0.5) is 4.39 Å². The van der Waals surface area contributed by atoms with E-state index in [4.69, 9.17) is 21.1 Å². The molecule has 2 rings (SSSR count). The minimum absolute atomic E-state index is 0.0504. The van der Waals surface area contributed by atoms with Crippen molar-refractivity contribution in [2.24, 2.45) is 9.98 Å². The maximum atomic E-state index is 14.8. The second-order valence-electron chi connectivity index (χ2n) is 5.85. The van der Waals surface area contributed by atoms with Crippen molar-refractivity contribution >= 4 is 39.1 Å². The second-order valence-corrected chi connectivity index (χ2v) is 7.90. The van der Waals surface area contributed by atoms with Gasteiger partial charge in [-0.1, -0.05) is 17.7 Å². The molecule has 0 N–H and O–H groups in total. The van der Waals surface area contributed by atoms with Crippen LogP contribution in [0.25, 0.3) is 0 Å². The van der Waals surface area contributed by atoms with Gasteiger partial charge >= 0.3 is 5.97 Å². The zero-order chi connectivity index (χ0) is 20.9. The zero-order valence-electron chi connectivity index (χ0n) is 15.6.